The maximum absolute atomic E-state index is 12.1. The largest absolute Gasteiger partial charge is 0.481 e. The van der Waals surface area contributed by atoms with E-state index in [1.165, 1.54) is 4.90 Å². The first-order valence-electron chi connectivity index (χ1n) is 6.38. The quantitative estimate of drug-likeness (QED) is 0.797. The molecule has 2 amide bonds. The summed E-state index contributed by atoms with van der Waals surface area (Å²) in [6.45, 7) is 1.37. The van der Waals surface area contributed by atoms with Crippen molar-refractivity contribution in [1.82, 2.24) is 19.8 Å². The highest BCUT2D eigenvalue weighted by Crippen LogP contribution is 2.11. The van der Waals surface area contributed by atoms with Gasteiger partial charge in [0.25, 0.3) is 0 Å². The molecule has 1 unspecified atom stereocenters. The molecule has 0 saturated carbocycles. The monoisotopic (exact) mass is 282 g/mol. The van der Waals surface area contributed by atoms with Gasteiger partial charge in [0.2, 0.25) is 0 Å². The molecule has 1 fully saturated rings. The minimum Gasteiger partial charge on any atom is -0.481 e. The molecule has 0 bridgehead atoms. The van der Waals surface area contributed by atoms with E-state index in [-0.39, 0.29) is 19.1 Å². The Labute approximate surface area is 116 Å². The van der Waals surface area contributed by atoms with Crippen LogP contribution in [0.4, 0.5) is 4.79 Å². The van der Waals surface area contributed by atoms with Crippen molar-refractivity contribution in [3.8, 4) is 0 Å². The maximum atomic E-state index is 12.1. The molecule has 1 aliphatic rings. The highest BCUT2D eigenvalue weighted by atomic mass is 16.5. The van der Waals surface area contributed by atoms with Gasteiger partial charge in [0.05, 0.1) is 32.2 Å². The Balaban J connectivity index is 1.92. The summed E-state index contributed by atoms with van der Waals surface area (Å²) in [7, 11) is 1.84. The van der Waals surface area contributed by atoms with Crippen LogP contribution in [0.3, 0.4) is 0 Å². The van der Waals surface area contributed by atoms with Crippen molar-refractivity contribution in [2.45, 2.75) is 19.0 Å². The number of imidazole rings is 1. The summed E-state index contributed by atoms with van der Waals surface area (Å²) in [6.07, 6.45) is 3.34. The first kappa shape index (κ1) is 14.3. The number of carbonyl (C=O) groups is 2. The minimum absolute atomic E-state index is 0.115. The van der Waals surface area contributed by atoms with Gasteiger partial charge in [0.1, 0.15) is 5.82 Å². The fraction of sp³-hybridized carbons (Fsp3) is 0.583. The van der Waals surface area contributed by atoms with E-state index in [1.54, 1.807) is 12.4 Å². The number of nitrogens with zero attached hydrogens (tertiary/aromatic N) is 3. The number of ether oxygens (including phenoxy) is 1. The first-order chi connectivity index (χ1) is 9.58. The van der Waals surface area contributed by atoms with Gasteiger partial charge in [-0.1, -0.05) is 0 Å². The van der Waals surface area contributed by atoms with Crippen molar-refractivity contribution in [2.75, 3.05) is 19.8 Å². The van der Waals surface area contributed by atoms with Crippen LogP contribution in [0.2, 0.25) is 0 Å². The molecule has 1 aromatic rings. The summed E-state index contributed by atoms with van der Waals surface area (Å²) in [6, 6.07) is -0.717. The molecule has 0 aliphatic carbocycles. The highest BCUT2D eigenvalue weighted by molar-refractivity contribution is 5.76. The van der Waals surface area contributed by atoms with E-state index in [2.05, 4.69) is 10.3 Å². The lowest BCUT2D eigenvalue weighted by molar-refractivity contribution is -0.139. The number of aliphatic carboxylic acids is 1. The second-order valence-electron chi connectivity index (χ2n) is 4.63. The predicted octanol–water partition coefficient (Wildman–Crippen LogP) is -0.195. The average Bonchev–Trinajstić information content (AvgIpc) is 2.81. The molecule has 1 saturated heterocycles. The molecule has 8 heteroatoms. The number of hydrogen-bond donors (Lipinski definition) is 2. The Kier molecular flexibility index (Phi) is 4.57. The molecular weight excluding hydrogens is 264 g/mol. The van der Waals surface area contributed by atoms with Crippen LogP contribution in [0, 0.1) is 0 Å². The second-order valence-corrected chi connectivity index (χ2v) is 4.63. The third-order valence-electron chi connectivity index (χ3n) is 3.22. The van der Waals surface area contributed by atoms with Gasteiger partial charge in [-0.05, 0) is 0 Å². The lowest BCUT2D eigenvalue weighted by Crippen LogP contribution is -2.53. The number of aryl methyl sites for hydroxylation is 1. The van der Waals surface area contributed by atoms with Crippen molar-refractivity contribution in [3.05, 3.63) is 18.2 Å². The van der Waals surface area contributed by atoms with E-state index >= 15 is 0 Å². The van der Waals surface area contributed by atoms with Crippen molar-refractivity contribution in [1.29, 1.82) is 0 Å². The van der Waals surface area contributed by atoms with Crippen molar-refractivity contribution in [2.24, 2.45) is 7.05 Å². The van der Waals surface area contributed by atoms with Crippen LogP contribution in [0.15, 0.2) is 12.4 Å². The molecule has 1 aliphatic heterocycles. The third-order valence-corrected chi connectivity index (χ3v) is 3.22. The molecule has 20 heavy (non-hydrogen) atoms. The fourth-order valence-corrected chi connectivity index (χ4v) is 2.12. The van der Waals surface area contributed by atoms with Crippen LogP contribution >= 0.6 is 0 Å². The van der Waals surface area contributed by atoms with Crippen LogP contribution < -0.4 is 5.32 Å². The summed E-state index contributed by atoms with van der Waals surface area (Å²) >= 11 is 0. The van der Waals surface area contributed by atoms with Gasteiger partial charge in [-0.3, -0.25) is 4.79 Å². The van der Waals surface area contributed by atoms with Gasteiger partial charge in [0, 0.05) is 26.0 Å². The standard InChI is InChI=1S/C12H18N4O4/c1-15-3-2-13-10(15)7-14-12(19)16-4-5-20-8-9(16)6-11(17)18/h2-3,9H,4-8H2,1H3,(H,14,19)(H,17,18). The van der Waals surface area contributed by atoms with Crippen LogP contribution in [0.5, 0.6) is 0 Å². The molecular formula is C12H18N4O4. The number of carbonyl (C=O) groups excluding carboxylic acids is 1. The number of rotatable bonds is 4. The number of nitrogens with one attached hydrogen (secondary N) is 1. The Morgan fingerprint density at radius 3 is 3.05 bits per heavy atom. The van der Waals surface area contributed by atoms with Crippen molar-refractivity contribution in [3.63, 3.8) is 0 Å². The molecule has 0 radical (unpaired) electrons. The summed E-state index contributed by atoms with van der Waals surface area (Å²) < 4.78 is 7.05. The Hall–Kier alpha value is -2.09. The smallest absolute Gasteiger partial charge is 0.318 e. The molecule has 2 heterocycles. The van der Waals surface area contributed by atoms with Crippen molar-refractivity contribution >= 4 is 12.0 Å². The summed E-state index contributed by atoms with van der Waals surface area (Å²) in [5.41, 5.74) is 0. The lowest BCUT2D eigenvalue weighted by Gasteiger charge is -2.34. The number of carboxylic acid groups (broad SMARTS) is 1. The topological polar surface area (TPSA) is 96.7 Å². The zero-order valence-corrected chi connectivity index (χ0v) is 11.3. The normalized spacial score (nSPS) is 18.9. The number of aromatic nitrogens is 2. The predicted molar refractivity (Wildman–Crippen MR) is 69.0 cm³/mol. The van der Waals surface area contributed by atoms with Crippen LogP contribution in [-0.4, -0.2) is 57.4 Å². The Morgan fingerprint density at radius 1 is 1.60 bits per heavy atom. The molecule has 2 rings (SSSR count). The number of carboxylic acids is 1. The van der Waals surface area contributed by atoms with Gasteiger partial charge in [0.15, 0.2) is 0 Å². The molecule has 1 aromatic heterocycles. The minimum atomic E-state index is -0.942. The molecule has 8 nitrogen and oxygen atoms in total. The summed E-state index contributed by atoms with van der Waals surface area (Å²) in [5, 5.41) is 11.6. The molecule has 2 N–H and O–H groups in total. The molecule has 0 aromatic carbocycles. The number of amides is 2. The number of morpholine rings is 1. The van der Waals surface area contributed by atoms with E-state index in [1.807, 2.05) is 11.6 Å². The average molecular weight is 282 g/mol. The molecule has 1 atom stereocenters. The zero-order valence-electron chi connectivity index (χ0n) is 11.3. The van der Waals surface area contributed by atoms with Crippen LogP contribution in [-0.2, 0) is 23.1 Å². The van der Waals surface area contributed by atoms with E-state index in [0.717, 1.165) is 5.82 Å². The van der Waals surface area contributed by atoms with Gasteiger partial charge in [-0.15, -0.1) is 0 Å². The fourth-order valence-electron chi connectivity index (χ4n) is 2.12. The van der Waals surface area contributed by atoms with Gasteiger partial charge in [-0.25, -0.2) is 9.78 Å². The van der Waals surface area contributed by atoms with Gasteiger partial charge < -0.3 is 24.6 Å². The van der Waals surface area contributed by atoms with Crippen LogP contribution in [0.1, 0.15) is 12.2 Å². The van der Waals surface area contributed by atoms with E-state index in [4.69, 9.17) is 9.84 Å². The third kappa shape index (κ3) is 3.47. The van der Waals surface area contributed by atoms with Gasteiger partial charge >= 0.3 is 12.0 Å². The van der Waals surface area contributed by atoms with E-state index < -0.39 is 12.0 Å². The first-order valence-corrected chi connectivity index (χ1v) is 6.38. The number of urea groups is 1. The molecule has 110 valence electrons. The highest BCUT2D eigenvalue weighted by Gasteiger charge is 2.29. The second kappa shape index (κ2) is 6.38. The van der Waals surface area contributed by atoms with E-state index in [9.17, 15) is 9.59 Å². The zero-order chi connectivity index (χ0) is 14.5. The molecule has 0 spiro atoms. The Bertz CT molecular complexity index is 488. The van der Waals surface area contributed by atoms with Crippen molar-refractivity contribution < 1.29 is 19.4 Å². The SMILES string of the molecule is Cn1ccnc1CNC(=O)N1CCOCC1CC(=O)O. The van der Waals surface area contributed by atoms with E-state index in [0.29, 0.717) is 19.7 Å². The summed E-state index contributed by atoms with van der Waals surface area (Å²) in [4.78, 5) is 28.5. The maximum Gasteiger partial charge on any atom is 0.318 e. The lowest BCUT2D eigenvalue weighted by atomic mass is 10.1. The summed E-state index contributed by atoms with van der Waals surface area (Å²) in [5.74, 6) is -0.205. The van der Waals surface area contributed by atoms with Crippen LogP contribution in [0.25, 0.3) is 0 Å². The Morgan fingerprint density at radius 2 is 2.40 bits per heavy atom. The van der Waals surface area contributed by atoms with Gasteiger partial charge in [-0.2, -0.15) is 0 Å². The number of hydrogen-bond acceptors (Lipinski definition) is 4.